The van der Waals surface area contributed by atoms with E-state index in [4.69, 9.17) is 0 Å². The Hall–Kier alpha value is -0.340. The first-order chi connectivity index (χ1) is 10.1. The van der Waals surface area contributed by atoms with Gasteiger partial charge in [-0.25, -0.2) is 4.99 Å². The maximum atomic E-state index is 10.5. The zero-order chi connectivity index (χ0) is 15.6. The van der Waals surface area contributed by atoms with Gasteiger partial charge in [0.1, 0.15) is 5.60 Å². The van der Waals surface area contributed by atoms with Gasteiger partial charge >= 0.3 is 0 Å². The van der Waals surface area contributed by atoms with Gasteiger partial charge < -0.3 is 15.7 Å². The summed E-state index contributed by atoms with van der Waals surface area (Å²) in [5.74, 6) is 0.782. The number of aliphatic hydroxyl groups is 1. The summed E-state index contributed by atoms with van der Waals surface area (Å²) in [6.45, 7) is 8.17. The van der Waals surface area contributed by atoms with Gasteiger partial charge in [-0.15, -0.1) is 24.0 Å². The smallest absolute Gasteiger partial charge is 0.191 e. The van der Waals surface area contributed by atoms with Gasteiger partial charge in [-0.05, 0) is 42.7 Å². The Morgan fingerprint density at radius 3 is 2.64 bits per heavy atom. The lowest BCUT2D eigenvalue weighted by atomic mass is 10.00. The molecule has 128 valence electrons. The predicted octanol–water partition coefficient (Wildman–Crippen LogP) is 3.71. The highest BCUT2D eigenvalue weighted by molar-refractivity contribution is 14.0. The molecular formula is C16H30IN3OS. The fraction of sp³-hybridized carbons (Fsp3) is 0.688. The molecule has 0 saturated carbocycles. The molecule has 1 unspecified atom stereocenters. The van der Waals surface area contributed by atoms with Crippen molar-refractivity contribution in [1.29, 1.82) is 0 Å². The van der Waals surface area contributed by atoms with Crippen molar-refractivity contribution >= 4 is 41.3 Å². The third-order valence-electron chi connectivity index (χ3n) is 3.36. The number of nitrogens with zero attached hydrogens (tertiary/aromatic N) is 1. The van der Waals surface area contributed by atoms with E-state index in [-0.39, 0.29) is 24.0 Å². The van der Waals surface area contributed by atoms with Crippen molar-refractivity contribution in [3.63, 3.8) is 0 Å². The third-order valence-corrected chi connectivity index (χ3v) is 4.04. The maximum absolute atomic E-state index is 10.5. The first-order valence-electron chi connectivity index (χ1n) is 7.87. The molecule has 0 aliphatic heterocycles. The van der Waals surface area contributed by atoms with Gasteiger partial charge in [-0.2, -0.15) is 11.3 Å². The Kier molecular flexibility index (Phi) is 11.9. The molecule has 0 aromatic carbocycles. The molecule has 1 rings (SSSR count). The molecule has 0 fully saturated rings. The Bertz CT molecular complexity index is 408. The van der Waals surface area contributed by atoms with Crippen LogP contribution in [0.5, 0.6) is 0 Å². The van der Waals surface area contributed by atoms with E-state index >= 15 is 0 Å². The number of unbranched alkanes of at least 4 members (excludes halogenated alkanes) is 3. The fourth-order valence-electron chi connectivity index (χ4n) is 2.00. The minimum absolute atomic E-state index is 0. The predicted molar refractivity (Wildman–Crippen MR) is 107 cm³/mol. The summed E-state index contributed by atoms with van der Waals surface area (Å²) in [6.07, 6.45) is 4.93. The van der Waals surface area contributed by atoms with Crippen LogP contribution in [-0.4, -0.2) is 30.7 Å². The molecule has 1 atom stereocenters. The highest BCUT2D eigenvalue weighted by Crippen LogP contribution is 2.23. The minimum Gasteiger partial charge on any atom is -0.383 e. The summed E-state index contributed by atoms with van der Waals surface area (Å²) in [6, 6.07) is 1.95. The second-order valence-electron chi connectivity index (χ2n) is 5.47. The summed E-state index contributed by atoms with van der Waals surface area (Å²) in [4.78, 5) is 4.51. The first-order valence-corrected chi connectivity index (χ1v) is 8.81. The zero-order valence-electron chi connectivity index (χ0n) is 13.9. The summed E-state index contributed by atoms with van der Waals surface area (Å²) in [5, 5.41) is 21.0. The summed E-state index contributed by atoms with van der Waals surface area (Å²) in [7, 11) is 0. The summed E-state index contributed by atoms with van der Waals surface area (Å²) >= 11 is 1.59. The first kappa shape index (κ1) is 21.7. The highest BCUT2D eigenvalue weighted by atomic mass is 127. The number of nitrogens with one attached hydrogen (secondary N) is 2. The highest BCUT2D eigenvalue weighted by Gasteiger charge is 2.23. The van der Waals surface area contributed by atoms with E-state index in [0.29, 0.717) is 6.54 Å². The van der Waals surface area contributed by atoms with E-state index < -0.39 is 5.60 Å². The molecule has 0 radical (unpaired) electrons. The topological polar surface area (TPSA) is 56.7 Å². The molecule has 0 saturated heterocycles. The lowest BCUT2D eigenvalue weighted by molar-refractivity contribution is 0.0677. The van der Waals surface area contributed by atoms with Crippen molar-refractivity contribution in [2.24, 2.45) is 4.99 Å². The lowest BCUT2D eigenvalue weighted by Gasteiger charge is -2.21. The lowest BCUT2D eigenvalue weighted by Crippen LogP contribution is -2.39. The average molecular weight is 439 g/mol. The molecule has 1 aromatic heterocycles. The normalized spacial score (nSPS) is 14.1. The molecule has 4 nitrogen and oxygen atoms in total. The molecule has 0 aliphatic carbocycles. The summed E-state index contributed by atoms with van der Waals surface area (Å²) < 4.78 is 0. The fourth-order valence-corrected chi connectivity index (χ4v) is 2.78. The van der Waals surface area contributed by atoms with Crippen LogP contribution in [0, 0.1) is 0 Å². The van der Waals surface area contributed by atoms with Crippen LogP contribution in [0.25, 0.3) is 0 Å². The molecule has 0 bridgehead atoms. The van der Waals surface area contributed by atoms with Crippen molar-refractivity contribution in [3.8, 4) is 0 Å². The van der Waals surface area contributed by atoms with Crippen molar-refractivity contribution in [2.75, 3.05) is 19.6 Å². The average Bonchev–Trinajstić information content (AvgIpc) is 2.99. The Labute approximate surface area is 155 Å². The van der Waals surface area contributed by atoms with Crippen molar-refractivity contribution in [1.82, 2.24) is 10.6 Å². The molecule has 0 aliphatic rings. The van der Waals surface area contributed by atoms with Gasteiger partial charge in [0, 0.05) is 13.1 Å². The standard InChI is InChI=1S/C16H29N3OS.HI/c1-4-6-7-8-10-18-15(17-5-2)19-13-16(3,20)14-9-11-21-12-14;/h9,11-12,20H,4-8,10,13H2,1-3H3,(H2,17,18,19);1H. The van der Waals surface area contributed by atoms with Gasteiger partial charge in [0.25, 0.3) is 0 Å². The quantitative estimate of drug-likeness (QED) is 0.238. The molecule has 0 spiro atoms. The van der Waals surface area contributed by atoms with Crippen LogP contribution in [0.3, 0.4) is 0 Å². The monoisotopic (exact) mass is 439 g/mol. The summed E-state index contributed by atoms with van der Waals surface area (Å²) in [5.41, 5.74) is 0.0138. The number of hydrogen-bond acceptors (Lipinski definition) is 3. The van der Waals surface area contributed by atoms with Gasteiger partial charge in [-0.3, -0.25) is 0 Å². The number of thiophene rings is 1. The second kappa shape index (κ2) is 12.1. The molecule has 0 amide bonds. The van der Waals surface area contributed by atoms with Gasteiger partial charge in [0.2, 0.25) is 0 Å². The molecule has 6 heteroatoms. The van der Waals surface area contributed by atoms with E-state index in [0.717, 1.165) is 31.0 Å². The Balaban J connectivity index is 0.00000441. The van der Waals surface area contributed by atoms with E-state index in [9.17, 15) is 5.11 Å². The molecule has 1 aromatic rings. The van der Waals surface area contributed by atoms with Crippen LogP contribution in [0.4, 0.5) is 0 Å². The third kappa shape index (κ3) is 8.33. The van der Waals surface area contributed by atoms with Crippen molar-refractivity contribution < 1.29 is 5.11 Å². The molecule has 22 heavy (non-hydrogen) atoms. The van der Waals surface area contributed by atoms with E-state index in [1.165, 1.54) is 19.3 Å². The van der Waals surface area contributed by atoms with Crippen LogP contribution in [0.2, 0.25) is 0 Å². The minimum atomic E-state index is -0.912. The van der Waals surface area contributed by atoms with Gasteiger partial charge in [0.05, 0.1) is 6.54 Å². The van der Waals surface area contributed by atoms with Crippen LogP contribution < -0.4 is 10.6 Å². The molecule has 1 heterocycles. The van der Waals surface area contributed by atoms with E-state index in [1.54, 1.807) is 11.3 Å². The maximum Gasteiger partial charge on any atom is 0.191 e. The van der Waals surface area contributed by atoms with Crippen molar-refractivity contribution in [3.05, 3.63) is 22.4 Å². The zero-order valence-corrected chi connectivity index (χ0v) is 17.0. The van der Waals surface area contributed by atoms with Gasteiger partial charge in [-0.1, -0.05) is 26.2 Å². The Morgan fingerprint density at radius 1 is 1.27 bits per heavy atom. The SMILES string of the molecule is CCCCCCNC(=NCC(C)(O)c1ccsc1)NCC.I. The van der Waals surface area contributed by atoms with Crippen LogP contribution >= 0.6 is 35.3 Å². The number of halogens is 1. The number of guanidine groups is 1. The second-order valence-corrected chi connectivity index (χ2v) is 6.25. The van der Waals surface area contributed by atoms with E-state index in [1.807, 2.05) is 30.7 Å². The largest absolute Gasteiger partial charge is 0.383 e. The number of aliphatic imine (C=N–C) groups is 1. The van der Waals surface area contributed by atoms with Crippen LogP contribution in [0.1, 0.15) is 52.0 Å². The Morgan fingerprint density at radius 2 is 2.05 bits per heavy atom. The van der Waals surface area contributed by atoms with Crippen molar-refractivity contribution in [2.45, 2.75) is 52.1 Å². The molecule has 3 N–H and O–H groups in total. The van der Waals surface area contributed by atoms with Crippen LogP contribution in [-0.2, 0) is 5.60 Å². The van der Waals surface area contributed by atoms with E-state index in [2.05, 4.69) is 22.5 Å². The van der Waals surface area contributed by atoms with Gasteiger partial charge in [0.15, 0.2) is 5.96 Å². The number of rotatable bonds is 9. The molecular weight excluding hydrogens is 409 g/mol. The van der Waals surface area contributed by atoms with Crippen LogP contribution in [0.15, 0.2) is 21.8 Å². The number of hydrogen-bond donors (Lipinski definition) is 3.